The zero-order chi connectivity index (χ0) is 18.4. The van der Waals surface area contributed by atoms with E-state index in [0.29, 0.717) is 23.7 Å². The van der Waals surface area contributed by atoms with Gasteiger partial charge in [0, 0.05) is 25.2 Å². The Morgan fingerprint density at radius 1 is 1.12 bits per heavy atom. The summed E-state index contributed by atoms with van der Waals surface area (Å²) in [6.45, 7) is 2.23. The number of anilines is 1. The number of carbonyl (C=O) groups is 1. The predicted molar refractivity (Wildman–Crippen MR) is 101 cm³/mol. The van der Waals surface area contributed by atoms with Crippen molar-refractivity contribution in [1.29, 1.82) is 0 Å². The molecule has 0 radical (unpaired) electrons. The molecule has 0 spiro atoms. The molecule has 26 heavy (non-hydrogen) atoms. The van der Waals surface area contributed by atoms with Crippen LogP contribution in [0.2, 0.25) is 0 Å². The molecule has 2 heterocycles. The van der Waals surface area contributed by atoms with E-state index in [1.54, 1.807) is 26.5 Å². The molecular formula is C20H25N3O3. The lowest BCUT2D eigenvalue weighted by Crippen LogP contribution is -2.36. The summed E-state index contributed by atoms with van der Waals surface area (Å²) in [6, 6.07) is 9.44. The molecule has 138 valence electrons. The van der Waals surface area contributed by atoms with Crippen LogP contribution in [0, 0.1) is 0 Å². The second-order valence-corrected chi connectivity index (χ2v) is 6.29. The van der Waals surface area contributed by atoms with Crippen LogP contribution in [0.4, 0.5) is 5.69 Å². The first-order chi connectivity index (χ1) is 12.7. The summed E-state index contributed by atoms with van der Waals surface area (Å²) < 4.78 is 10.8. The minimum absolute atomic E-state index is 0.0192. The van der Waals surface area contributed by atoms with Gasteiger partial charge in [0.25, 0.3) is 5.91 Å². The van der Waals surface area contributed by atoms with Gasteiger partial charge in [0.2, 0.25) is 0 Å². The molecule has 1 aromatic carbocycles. The van der Waals surface area contributed by atoms with Crippen LogP contribution in [0.5, 0.6) is 11.5 Å². The third kappa shape index (κ3) is 4.07. The molecule has 2 aromatic rings. The number of nitrogens with zero attached hydrogens (tertiary/aromatic N) is 2. The number of rotatable bonds is 6. The fourth-order valence-electron chi connectivity index (χ4n) is 3.17. The van der Waals surface area contributed by atoms with Gasteiger partial charge in [-0.3, -0.25) is 4.79 Å². The first kappa shape index (κ1) is 18.0. The highest BCUT2D eigenvalue weighted by atomic mass is 16.5. The molecule has 1 saturated heterocycles. The molecule has 1 N–H and O–H groups in total. The van der Waals surface area contributed by atoms with Crippen molar-refractivity contribution >= 4 is 11.6 Å². The summed E-state index contributed by atoms with van der Waals surface area (Å²) in [6.07, 6.45) is 5.05. The number of amides is 1. The lowest BCUT2D eigenvalue weighted by molar-refractivity contribution is 0.0718. The molecule has 0 atom stereocenters. The van der Waals surface area contributed by atoms with E-state index in [4.69, 9.17) is 9.47 Å². The van der Waals surface area contributed by atoms with Gasteiger partial charge in [-0.05, 0) is 37.5 Å². The summed E-state index contributed by atoms with van der Waals surface area (Å²) >= 11 is 0. The molecule has 6 nitrogen and oxygen atoms in total. The Morgan fingerprint density at radius 3 is 2.58 bits per heavy atom. The van der Waals surface area contributed by atoms with Gasteiger partial charge < -0.3 is 19.7 Å². The van der Waals surface area contributed by atoms with Crippen molar-refractivity contribution in [2.45, 2.75) is 25.8 Å². The normalized spacial score (nSPS) is 14.0. The van der Waals surface area contributed by atoms with Crippen molar-refractivity contribution in [3.8, 4) is 11.5 Å². The molecular weight excluding hydrogens is 330 g/mol. The zero-order valence-electron chi connectivity index (χ0n) is 15.3. The minimum atomic E-state index is 0.0192. The number of ether oxygens (including phenoxy) is 2. The summed E-state index contributed by atoms with van der Waals surface area (Å²) in [5, 5.41) is 3.31. The van der Waals surface area contributed by atoms with E-state index in [9.17, 15) is 4.79 Å². The van der Waals surface area contributed by atoms with Crippen LogP contribution in [0.15, 0.2) is 36.5 Å². The molecule has 1 aliphatic heterocycles. The largest absolute Gasteiger partial charge is 0.493 e. The number of likely N-dealkylation sites (tertiary alicyclic amines) is 1. The van der Waals surface area contributed by atoms with Crippen LogP contribution in [0.3, 0.4) is 0 Å². The van der Waals surface area contributed by atoms with Crippen molar-refractivity contribution in [3.63, 3.8) is 0 Å². The van der Waals surface area contributed by atoms with Gasteiger partial charge in [0.05, 0.1) is 26.1 Å². The van der Waals surface area contributed by atoms with E-state index >= 15 is 0 Å². The second-order valence-electron chi connectivity index (χ2n) is 6.29. The average molecular weight is 355 g/mol. The van der Waals surface area contributed by atoms with E-state index in [1.165, 1.54) is 6.42 Å². The number of aromatic nitrogens is 1. The topological polar surface area (TPSA) is 63.7 Å². The third-order valence-corrected chi connectivity index (χ3v) is 4.59. The maximum Gasteiger partial charge on any atom is 0.272 e. The van der Waals surface area contributed by atoms with Crippen LogP contribution < -0.4 is 14.8 Å². The Bertz CT molecular complexity index is 740. The van der Waals surface area contributed by atoms with E-state index in [0.717, 1.165) is 37.2 Å². The summed E-state index contributed by atoms with van der Waals surface area (Å²) in [5.74, 6) is 1.44. The highest BCUT2D eigenvalue weighted by molar-refractivity contribution is 5.92. The molecule has 1 fully saturated rings. The maximum atomic E-state index is 12.5. The van der Waals surface area contributed by atoms with Crippen LogP contribution >= 0.6 is 0 Å². The van der Waals surface area contributed by atoms with E-state index < -0.39 is 0 Å². The SMILES string of the molecule is COc1cccc(CNc2ccc(C(=O)N3CCCCC3)nc2)c1OC. The van der Waals surface area contributed by atoms with Gasteiger partial charge in [0.1, 0.15) is 5.69 Å². The molecule has 6 heteroatoms. The maximum absolute atomic E-state index is 12.5. The van der Waals surface area contributed by atoms with Crippen LogP contribution in [-0.4, -0.2) is 43.1 Å². The minimum Gasteiger partial charge on any atom is -0.493 e. The number of benzene rings is 1. The fraction of sp³-hybridized carbons (Fsp3) is 0.400. The number of hydrogen-bond donors (Lipinski definition) is 1. The Kier molecular flexibility index (Phi) is 5.94. The van der Waals surface area contributed by atoms with Crippen LogP contribution in [0.1, 0.15) is 35.3 Å². The van der Waals surface area contributed by atoms with E-state index in [2.05, 4.69) is 10.3 Å². The number of piperidine rings is 1. The fourth-order valence-corrected chi connectivity index (χ4v) is 3.17. The first-order valence-electron chi connectivity index (χ1n) is 8.92. The number of pyridine rings is 1. The Balaban J connectivity index is 1.64. The molecule has 1 aromatic heterocycles. The summed E-state index contributed by atoms with van der Waals surface area (Å²) in [4.78, 5) is 18.7. The van der Waals surface area contributed by atoms with Gasteiger partial charge in [-0.1, -0.05) is 12.1 Å². The third-order valence-electron chi connectivity index (χ3n) is 4.59. The Morgan fingerprint density at radius 2 is 1.92 bits per heavy atom. The van der Waals surface area contributed by atoms with Crippen LogP contribution in [0.25, 0.3) is 0 Å². The van der Waals surface area contributed by atoms with Crippen molar-refractivity contribution in [2.24, 2.45) is 0 Å². The lowest BCUT2D eigenvalue weighted by Gasteiger charge is -2.26. The number of carbonyl (C=O) groups excluding carboxylic acids is 1. The summed E-state index contributed by atoms with van der Waals surface area (Å²) in [5.41, 5.74) is 2.33. The molecule has 1 aliphatic rings. The quantitative estimate of drug-likeness (QED) is 0.861. The van der Waals surface area contributed by atoms with Gasteiger partial charge in [0.15, 0.2) is 11.5 Å². The Hall–Kier alpha value is -2.76. The monoisotopic (exact) mass is 355 g/mol. The molecule has 0 saturated carbocycles. The van der Waals surface area contributed by atoms with E-state index in [1.807, 2.05) is 29.2 Å². The summed E-state index contributed by atoms with van der Waals surface area (Å²) in [7, 11) is 3.25. The molecule has 0 aliphatic carbocycles. The highest BCUT2D eigenvalue weighted by Crippen LogP contribution is 2.31. The smallest absolute Gasteiger partial charge is 0.272 e. The van der Waals surface area contributed by atoms with Crippen LogP contribution in [-0.2, 0) is 6.54 Å². The van der Waals surface area contributed by atoms with Crippen molar-refractivity contribution in [2.75, 3.05) is 32.6 Å². The van der Waals surface area contributed by atoms with Gasteiger partial charge in [-0.25, -0.2) is 4.98 Å². The predicted octanol–water partition coefficient (Wildman–Crippen LogP) is 3.34. The van der Waals surface area contributed by atoms with Crippen molar-refractivity contribution < 1.29 is 14.3 Å². The van der Waals surface area contributed by atoms with Crippen molar-refractivity contribution in [1.82, 2.24) is 9.88 Å². The molecule has 3 rings (SSSR count). The van der Waals surface area contributed by atoms with Gasteiger partial charge in [-0.2, -0.15) is 0 Å². The van der Waals surface area contributed by atoms with E-state index in [-0.39, 0.29) is 5.91 Å². The highest BCUT2D eigenvalue weighted by Gasteiger charge is 2.19. The van der Waals surface area contributed by atoms with Gasteiger partial charge >= 0.3 is 0 Å². The van der Waals surface area contributed by atoms with Gasteiger partial charge in [-0.15, -0.1) is 0 Å². The number of para-hydroxylation sites is 1. The number of nitrogens with one attached hydrogen (secondary N) is 1. The molecule has 0 bridgehead atoms. The molecule has 1 amide bonds. The average Bonchev–Trinajstić information content (AvgIpc) is 2.72. The van der Waals surface area contributed by atoms with Crippen molar-refractivity contribution in [3.05, 3.63) is 47.8 Å². The molecule has 0 unspecified atom stereocenters. The number of hydrogen-bond acceptors (Lipinski definition) is 5. The lowest BCUT2D eigenvalue weighted by atomic mass is 10.1. The first-order valence-corrected chi connectivity index (χ1v) is 8.92. The zero-order valence-corrected chi connectivity index (χ0v) is 15.3. The second kappa shape index (κ2) is 8.56. The standard InChI is InChI=1S/C20H25N3O3/c1-25-18-8-6-7-15(19(18)26-2)13-21-16-9-10-17(22-14-16)20(24)23-11-4-3-5-12-23/h6-10,14,21H,3-5,11-13H2,1-2H3. The Labute approximate surface area is 154 Å². The number of methoxy groups -OCH3 is 2.